The fourth-order valence-corrected chi connectivity index (χ4v) is 1.82. The number of rotatable bonds is 7. The first-order chi connectivity index (χ1) is 12.1. The van der Waals surface area contributed by atoms with E-state index in [-0.39, 0.29) is 5.76 Å². The second-order valence-electron chi connectivity index (χ2n) is 4.92. The number of carbonyl (C=O) groups is 3. The Labute approximate surface area is 144 Å². The van der Waals surface area contributed by atoms with Gasteiger partial charge in [0.05, 0.1) is 6.26 Å². The van der Waals surface area contributed by atoms with E-state index in [0.717, 1.165) is 0 Å². The highest BCUT2D eigenvalue weighted by atomic mass is 16.6. The molecule has 0 bridgehead atoms. The molecule has 0 saturated carbocycles. The lowest BCUT2D eigenvalue weighted by Crippen LogP contribution is -2.44. The Morgan fingerprint density at radius 3 is 2.48 bits per heavy atom. The molecule has 0 radical (unpaired) electrons. The minimum Gasteiger partial charge on any atom is -0.479 e. The third-order valence-corrected chi connectivity index (χ3v) is 3.06. The van der Waals surface area contributed by atoms with Gasteiger partial charge in [-0.2, -0.15) is 0 Å². The lowest BCUT2D eigenvalue weighted by molar-refractivity contribution is -0.155. The molecule has 0 aliphatic heterocycles. The van der Waals surface area contributed by atoms with Crippen LogP contribution in [0.1, 0.15) is 23.9 Å². The zero-order valence-corrected chi connectivity index (χ0v) is 13.6. The Morgan fingerprint density at radius 1 is 1.08 bits per heavy atom. The lowest BCUT2D eigenvalue weighted by atomic mass is 10.2. The number of furan rings is 1. The molecule has 2 rings (SSSR count). The molecule has 8 heteroatoms. The van der Waals surface area contributed by atoms with Gasteiger partial charge in [0.1, 0.15) is 5.75 Å². The zero-order chi connectivity index (χ0) is 18.1. The molecule has 8 nitrogen and oxygen atoms in total. The van der Waals surface area contributed by atoms with Crippen molar-refractivity contribution in [3.8, 4) is 5.75 Å². The number of hydrazine groups is 1. The summed E-state index contributed by atoms with van der Waals surface area (Å²) in [7, 11) is 0. The summed E-state index contributed by atoms with van der Waals surface area (Å²) >= 11 is 0. The molecule has 1 heterocycles. The molecule has 2 N–H and O–H groups in total. The summed E-state index contributed by atoms with van der Waals surface area (Å²) in [4.78, 5) is 35.2. The molecule has 1 aromatic carbocycles. The van der Waals surface area contributed by atoms with Crippen LogP contribution in [0, 0.1) is 0 Å². The topological polar surface area (TPSA) is 107 Å². The van der Waals surface area contributed by atoms with Crippen LogP contribution in [0.5, 0.6) is 5.75 Å². The fourth-order valence-electron chi connectivity index (χ4n) is 1.82. The predicted octanol–water partition coefficient (Wildman–Crippen LogP) is 1.44. The number of carbonyl (C=O) groups excluding carboxylic acids is 3. The number of nitrogens with one attached hydrogen (secondary N) is 2. The van der Waals surface area contributed by atoms with Gasteiger partial charge in [-0.25, -0.2) is 4.79 Å². The third kappa shape index (κ3) is 5.69. The smallest absolute Gasteiger partial charge is 0.347 e. The summed E-state index contributed by atoms with van der Waals surface area (Å²) in [6.45, 7) is 1.21. The first kappa shape index (κ1) is 18.1. The molecule has 1 aromatic heterocycles. The average Bonchev–Trinajstić information content (AvgIpc) is 3.17. The third-order valence-electron chi connectivity index (χ3n) is 3.06. The van der Waals surface area contributed by atoms with Crippen molar-refractivity contribution in [3.63, 3.8) is 0 Å². The monoisotopic (exact) mass is 346 g/mol. The van der Waals surface area contributed by atoms with Gasteiger partial charge in [-0.1, -0.05) is 25.1 Å². The summed E-state index contributed by atoms with van der Waals surface area (Å²) in [6.07, 6.45) is 0.883. The van der Waals surface area contributed by atoms with E-state index in [0.29, 0.717) is 12.2 Å². The number of para-hydroxylation sites is 1. The van der Waals surface area contributed by atoms with Crippen molar-refractivity contribution >= 4 is 17.8 Å². The summed E-state index contributed by atoms with van der Waals surface area (Å²) in [5.74, 6) is -1.41. The van der Waals surface area contributed by atoms with Crippen LogP contribution < -0.4 is 15.6 Å². The molecule has 0 spiro atoms. The van der Waals surface area contributed by atoms with Gasteiger partial charge in [-0.3, -0.25) is 20.4 Å². The minimum atomic E-state index is -0.826. The maximum Gasteiger partial charge on any atom is 0.347 e. The van der Waals surface area contributed by atoms with E-state index in [1.165, 1.54) is 18.4 Å². The largest absolute Gasteiger partial charge is 0.479 e. The fraction of sp³-hybridized carbons (Fsp3) is 0.235. The van der Waals surface area contributed by atoms with Crippen molar-refractivity contribution < 1.29 is 28.3 Å². The molecule has 2 aromatic rings. The standard InChI is InChI=1S/C17H18N2O6/c1-2-13(25-12-7-4-3-5-8-12)17(22)24-11-15(20)18-19-16(21)14-9-6-10-23-14/h3-10,13H,2,11H2,1H3,(H,18,20)(H,19,21)/t13-/m0/s1. The number of hydrogen-bond acceptors (Lipinski definition) is 6. The van der Waals surface area contributed by atoms with E-state index in [9.17, 15) is 14.4 Å². The van der Waals surface area contributed by atoms with Crippen LogP contribution in [-0.2, 0) is 14.3 Å². The first-order valence-corrected chi connectivity index (χ1v) is 7.61. The Kier molecular flexibility index (Phi) is 6.58. The second-order valence-corrected chi connectivity index (χ2v) is 4.92. The minimum absolute atomic E-state index is 0.0413. The quantitative estimate of drug-likeness (QED) is 0.580. The molecule has 25 heavy (non-hydrogen) atoms. The highest BCUT2D eigenvalue weighted by molar-refractivity contribution is 5.93. The van der Waals surface area contributed by atoms with Gasteiger partial charge < -0.3 is 13.9 Å². The summed E-state index contributed by atoms with van der Waals surface area (Å²) in [5, 5.41) is 0. The van der Waals surface area contributed by atoms with E-state index < -0.39 is 30.5 Å². The lowest BCUT2D eigenvalue weighted by Gasteiger charge is -2.16. The van der Waals surface area contributed by atoms with E-state index in [1.807, 2.05) is 6.07 Å². The Bertz CT molecular complexity index is 699. The molecule has 0 fully saturated rings. The molecule has 132 valence electrons. The maximum atomic E-state index is 12.0. The predicted molar refractivity (Wildman–Crippen MR) is 86.4 cm³/mol. The van der Waals surface area contributed by atoms with Gasteiger partial charge in [-0.15, -0.1) is 0 Å². The van der Waals surface area contributed by atoms with Crippen LogP contribution in [0.2, 0.25) is 0 Å². The molecule has 1 atom stereocenters. The van der Waals surface area contributed by atoms with E-state index in [2.05, 4.69) is 10.9 Å². The Morgan fingerprint density at radius 2 is 1.84 bits per heavy atom. The van der Waals surface area contributed by atoms with Gasteiger partial charge in [0.15, 0.2) is 18.5 Å². The molecule has 0 aliphatic carbocycles. The van der Waals surface area contributed by atoms with Crippen molar-refractivity contribution in [1.82, 2.24) is 10.9 Å². The Hall–Kier alpha value is -3.29. The maximum absolute atomic E-state index is 12.0. The van der Waals surface area contributed by atoms with Crippen LogP contribution in [0.15, 0.2) is 53.1 Å². The van der Waals surface area contributed by atoms with Gasteiger partial charge in [0.25, 0.3) is 5.91 Å². The van der Waals surface area contributed by atoms with Gasteiger partial charge in [0.2, 0.25) is 0 Å². The van der Waals surface area contributed by atoms with Crippen molar-refractivity contribution in [1.29, 1.82) is 0 Å². The zero-order valence-electron chi connectivity index (χ0n) is 13.6. The number of benzene rings is 1. The normalized spacial score (nSPS) is 11.2. The molecule has 0 saturated heterocycles. The van der Waals surface area contributed by atoms with E-state index in [4.69, 9.17) is 13.9 Å². The van der Waals surface area contributed by atoms with Crippen molar-refractivity contribution in [2.24, 2.45) is 0 Å². The van der Waals surface area contributed by atoms with Crippen LogP contribution in [-0.4, -0.2) is 30.5 Å². The summed E-state index contributed by atoms with van der Waals surface area (Å²) < 4.78 is 15.3. The van der Waals surface area contributed by atoms with Gasteiger partial charge in [0, 0.05) is 0 Å². The number of ether oxygens (including phenoxy) is 2. The number of amides is 2. The van der Waals surface area contributed by atoms with Crippen LogP contribution >= 0.6 is 0 Å². The van der Waals surface area contributed by atoms with Gasteiger partial charge >= 0.3 is 11.9 Å². The summed E-state index contributed by atoms with van der Waals surface area (Å²) in [6, 6.07) is 11.8. The molecule has 0 aliphatic rings. The van der Waals surface area contributed by atoms with Gasteiger partial charge in [-0.05, 0) is 30.7 Å². The van der Waals surface area contributed by atoms with E-state index in [1.54, 1.807) is 31.2 Å². The average molecular weight is 346 g/mol. The Balaban J connectivity index is 1.74. The summed E-state index contributed by atoms with van der Waals surface area (Å²) in [5.41, 5.74) is 4.25. The van der Waals surface area contributed by atoms with Crippen molar-refractivity contribution in [2.75, 3.05) is 6.61 Å². The van der Waals surface area contributed by atoms with Crippen LogP contribution in [0.3, 0.4) is 0 Å². The second kappa shape index (κ2) is 9.11. The number of hydrogen-bond donors (Lipinski definition) is 2. The van der Waals surface area contributed by atoms with Crippen LogP contribution in [0.4, 0.5) is 0 Å². The highest BCUT2D eigenvalue weighted by Crippen LogP contribution is 2.13. The first-order valence-electron chi connectivity index (χ1n) is 7.61. The molecule has 0 unspecified atom stereocenters. The molecule has 2 amide bonds. The highest BCUT2D eigenvalue weighted by Gasteiger charge is 2.21. The number of esters is 1. The molecular weight excluding hydrogens is 328 g/mol. The SMILES string of the molecule is CC[C@H](Oc1ccccc1)C(=O)OCC(=O)NNC(=O)c1ccco1. The van der Waals surface area contributed by atoms with E-state index >= 15 is 0 Å². The van der Waals surface area contributed by atoms with Crippen LogP contribution in [0.25, 0.3) is 0 Å². The van der Waals surface area contributed by atoms with Crippen molar-refractivity contribution in [3.05, 3.63) is 54.5 Å². The van der Waals surface area contributed by atoms with Crippen molar-refractivity contribution in [2.45, 2.75) is 19.4 Å². The molecular formula is C17H18N2O6.